The van der Waals surface area contributed by atoms with Crippen molar-refractivity contribution in [3.63, 3.8) is 0 Å². The van der Waals surface area contributed by atoms with Gasteiger partial charge in [0.2, 0.25) is 5.91 Å². The molecule has 0 saturated carbocycles. The fraction of sp³-hybridized carbons (Fsp3) is 0.462. The Labute approximate surface area is 122 Å². The molecule has 1 aliphatic rings. The summed E-state index contributed by atoms with van der Waals surface area (Å²) in [5.41, 5.74) is 6.18. The van der Waals surface area contributed by atoms with E-state index in [1.54, 1.807) is 18.2 Å². The van der Waals surface area contributed by atoms with Crippen molar-refractivity contribution >= 4 is 34.8 Å². The van der Waals surface area contributed by atoms with Crippen LogP contribution in [0.25, 0.3) is 0 Å². The van der Waals surface area contributed by atoms with E-state index in [4.69, 9.17) is 28.9 Å². The number of carbonyl (C=O) groups excluding carboxylic acids is 1. The molecule has 1 heterocycles. The molecule has 0 aromatic heterocycles. The van der Waals surface area contributed by atoms with Gasteiger partial charge in [-0.15, -0.1) is 0 Å². The number of nitrogens with zero attached hydrogens (tertiary/aromatic N) is 1. The molecule has 1 fully saturated rings. The molecule has 0 spiro atoms. The molecule has 1 aliphatic heterocycles. The maximum atomic E-state index is 11.9. The maximum Gasteiger partial charge on any atom is 0.238 e. The van der Waals surface area contributed by atoms with Crippen molar-refractivity contribution in [1.82, 2.24) is 4.90 Å². The van der Waals surface area contributed by atoms with Crippen LogP contribution in [0.15, 0.2) is 18.2 Å². The van der Waals surface area contributed by atoms with E-state index in [9.17, 15) is 4.79 Å². The van der Waals surface area contributed by atoms with Crippen molar-refractivity contribution in [3.8, 4) is 0 Å². The second-order valence-corrected chi connectivity index (χ2v) is 5.64. The van der Waals surface area contributed by atoms with Gasteiger partial charge in [-0.2, -0.15) is 0 Å². The van der Waals surface area contributed by atoms with Gasteiger partial charge in [-0.3, -0.25) is 9.69 Å². The normalized spacial score (nSPS) is 19.6. The molecular weight excluding hydrogens is 285 g/mol. The van der Waals surface area contributed by atoms with Crippen LogP contribution in [0, 0.1) is 5.92 Å². The molecular formula is C13H17Cl2N3O. The number of nitrogens with two attached hydrogens (primary N) is 1. The molecule has 2 rings (SSSR count). The van der Waals surface area contributed by atoms with Crippen LogP contribution < -0.4 is 11.1 Å². The number of hydrogen-bond donors (Lipinski definition) is 2. The maximum absolute atomic E-state index is 11.9. The number of benzene rings is 1. The second-order valence-electron chi connectivity index (χ2n) is 4.80. The molecule has 1 amide bonds. The van der Waals surface area contributed by atoms with Gasteiger partial charge in [0.25, 0.3) is 0 Å². The number of amides is 1. The largest absolute Gasteiger partial charge is 0.330 e. The van der Waals surface area contributed by atoms with Crippen LogP contribution in [-0.4, -0.2) is 37.0 Å². The second kappa shape index (κ2) is 6.57. The lowest BCUT2D eigenvalue weighted by atomic mass is 10.1. The number of nitrogens with one attached hydrogen (secondary N) is 1. The third-order valence-corrected chi connectivity index (χ3v) is 3.84. The minimum absolute atomic E-state index is 0.0816. The highest BCUT2D eigenvalue weighted by atomic mass is 35.5. The minimum atomic E-state index is -0.0816. The van der Waals surface area contributed by atoms with Gasteiger partial charge in [-0.25, -0.2) is 0 Å². The molecule has 0 bridgehead atoms. The molecule has 1 aromatic carbocycles. The van der Waals surface area contributed by atoms with Gasteiger partial charge in [-0.05, 0) is 43.6 Å². The standard InChI is InChI=1S/C13H17Cl2N3O/c14-10-1-2-11(15)12(5-10)17-13(19)8-18-4-3-9(6-16)7-18/h1-2,5,9H,3-4,6-8,16H2,(H,17,19). The molecule has 19 heavy (non-hydrogen) atoms. The Morgan fingerprint density at radius 1 is 1.47 bits per heavy atom. The molecule has 0 radical (unpaired) electrons. The van der Waals surface area contributed by atoms with Gasteiger partial charge in [-0.1, -0.05) is 23.2 Å². The highest BCUT2D eigenvalue weighted by molar-refractivity contribution is 6.35. The fourth-order valence-electron chi connectivity index (χ4n) is 2.23. The molecule has 104 valence electrons. The van der Waals surface area contributed by atoms with Crippen molar-refractivity contribution in [2.45, 2.75) is 6.42 Å². The number of anilines is 1. The summed E-state index contributed by atoms with van der Waals surface area (Å²) in [6.07, 6.45) is 1.06. The Balaban J connectivity index is 1.89. The summed E-state index contributed by atoms with van der Waals surface area (Å²) in [5, 5.41) is 3.81. The van der Waals surface area contributed by atoms with Crippen LogP contribution in [0.1, 0.15) is 6.42 Å². The number of halogens is 2. The number of rotatable bonds is 4. The number of carbonyl (C=O) groups is 1. The first-order chi connectivity index (χ1) is 9.08. The van der Waals surface area contributed by atoms with Gasteiger partial charge >= 0.3 is 0 Å². The van der Waals surface area contributed by atoms with E-state index in [1.165, 1.54) is 0 Å². The zero-order valence-electron chi connectivity index (χ0n) is 10.5. The van der Waals surface area contributed by atoms with E-state index < -0.39 is 0 Å². The lowest BCUT2D eigenvalue weighted by Crippen LogP contribution is -2.32. The van der Waals surface area contributed by atoms with Crippen molar-refractivity contribution < 1.29 is 4.79 Å². The summed E-state index contributed by atoms with van der Waals surface area (Å²) in [6.45, 7) is 2.84. The van der Waals surface area contributed by atoms with Crippen molar-refractivity contribution in [3.05, 3.63) is 28.2 Å². The zero-order chi connectivity index (χ0) is 13.8. The third kappa shape index (κ3) is 4.08. The van der Waals surface area contributed by atoms with E-state index in [0.29, 0.717) is 34.7 Å². The van der Waals surface area contributed by atoms with Crippen LogP contribution in [-0.2, 0) is 4.79 Å². The van der Waals surface area contributed by atoms with E-state index in [-0.39, 0.29) is 5.91 Å². The molecule has 1 saturated heterocycles. The van der Waals surface area contributed by atoms with Crippen molar-refractivity contribution in [2.24, 2.45) is 11.7 Å². The van der Waals surface area contributed by atoms with Gasteiger partial charge in [0, 0.05) is 11.6 Å². The summed E-state index contributed by atoms with van der Waals surface area (Å²) in [7, 11) is 0. The third-order valence-electron chi connectivity index (χ3n) is 3.27. The molecule has 0 aliphatic carbocycles. The molecule has 6 heteroatoms. The van der Waals surface area contributed by atoms with Gasteiger partial charge in [0.15, 0.2) is 0 Å². The summed E-state index contributed by atoms with van der Waals surface area (Å²) >= 11 is 11.9. The first-order valence-corrected chi connectivity index (χ1v) is 7.01. The summed E-state index contributed by atoms with van der Waals surface area (Å²) in [6, 6.07) is 5.00. The molecule has 1 atom stereocenters. The summed E-state index contributed by atoms with van der Waals surface area (Å²) in [4.78, 5) is 14.0. The van der Waals surface area contributed by atoms with Crippen molar-refractivity contribution in [1.29, 1.82) is 0 Å². The molecule has 1 aromatic rings. The van der Waals surface area contributed by atoms with Crippen LogP contribution in [0.4, 0.5) is 5.69 Å². The van der Waals surface area contributed by atoms with Crippen LogP contribution >= 0.6 is 23.2 Å². The van der Waals surface area contributed by atoms with Gasteiger partial charge in [0.05, 0.1) is 17.3 Å². The Kier molecular flexibility index (Phi) is 5.05. The van der Waals surface area contributed by atoms with Crippen LogP contribution in [0.3, 0.4) is 0 Å². The predicted molar refractivity (Wildman–Crippen MR) is 78.7 cm³/mol. The topological polar surface area (TPSA) is 58.4 Å². The van der Waals surface area contributed by atoms with Gasteiger partial charge in [0.1, 0.15) is 0 Å². The zero-order valence-corrected chi connectivity index (χ0v) is 12.0. The number of likely N-dealkylation sites (tertiary alicyclic amines) is 1. The highest BCUT2D eigenvalue weighted by Crippen LogP contribution is 2.25. The van der Waals surface area contributed by atoms with Crippen molar-refractivity contribution in [2.75, 3.05) is 31.5 Å². The van der Waals surface area contributed by atoms with E-state index in [1.807, 2.05) is 0 Å². The van der Waals surface area contributed by atoms with E-state index in [0.717, 1.165) is 19.5 Å². The summed E-state index contributed by atoms with van der Waals surface area (Å²) < 4.78 is 0. The Hall–Kier alpha value is -0.810. The molecule has 4 nitrogen and oxygen atoms in total. The Bertz CT molecular complexity index is 467. The smallest absolute Gasteiger partial charge is 0.238 e. The lowest BCUT2D eigenvalue weighted by Gasteiger charge is -2.15. The summed E-state index contributed by atoms with van der Waals surface area (Å²) in [5.74, 6) is 0.421. The number of hydrogen-bond acceptors (Lipinski definition) is 3. The first kappa shape index (κ1) is 14.6. The van der Waals surface area contributed by atoms with Crippen LogP contribution in [0.5, 0.6) is 0 Å². The Morgan fingerprint density at radius 3 is 2.95 bits per heavy atom. The predicted octanol–water partition coefficient (Wildman–Crippen LogP) is 2.21. The highest BCUT2D eigenvalue weighted by Gasteiger charge is 2.22. The van der Waals surface area contributed by atoms with E-state index in [2.05, 4.69) is 10.2 Å². The average Bonchev–Trinajstić information content (AvgIpc) is 2.81. The monoisotopic (exact) mass is 301 g/mol. The van der Waals surface area contributed by atoms with Crippen LogP contribution in [0.2, 0.25) is 10.0 Å². The SMILES string of the molecule is NCC1CCN(CC(=O)Nc2cc(Cl)ccc2Cl)C1. The average molecular weight is 302 g/mol. The molecule has 3 N–H and O–H groups in total. The fourth-order valence-corrected chi connectivity index (χ4v) is 2.57. The minimum Gasteiger partial charge on any atom is -0.330 e. The van der Waals surface area contributed by atoms with Gasteiger partial charge < -0.3 is 11.1 Å². The molecule has 1 unspecified atom stereocenters. The Morgan fingerprint density at radius 2 is 2.26 bits per heavy atom. The first-order valence-electron chi connectivity index (χ1n) is 6.26. The van der Waals surface area contributed by atoms with E-state index >= 15 is 0 Å². The lowest BCUT2D eigenvalue weighted by molar-refractivity contribution is -0.117. The quantitative estimate of drug-likeness (QED) is 0.896.